The summed E-state index contributed by atoms with van der Waals surface area (Å²) in [4.78, 5) is 9.61. The molecular weight excluding hydrogens is 213 g/mol. The molecule has 4 N–H and O–H groups in total. The van der Waals surface area contributed by atoms with Gasteiger partial charge in [0.15, 0.2) is 0 Å². The van der Waals surface area contributed by atoms with Crippen molar-refractivity contribution in [1.82, 2.24) is 0 Å². The van der Waals surface area contributed by atoms with Crippen molar-refractivity contribution in [2.24, 2.45) is 5.73 Å². The second kappa shape index (κ2) is 5.42. The van der Waals surface area contributed by atoms with Gasteiger partial charge in [0.05, 0.1) is 0 Å². The van der Waals surface area contributed by atoms with Crippen molar-refractivity contribution in [2.75, 3.05) is 6.16 Å². The van der Waals surface area contributed by atoms with Crippen LogP contribution in [-0.4, -0.2) is 22.4 Å². The van der Waals surface area contributed by atoms with E-state index >= 15 is 0 Å². The maximum absolute atomic E-state index is 11.7. The van der Waals surface area contributed by atoms with E-state index in [2.05, 4.69) is 0 Å². The van der Waals surface area contributed by atoms with Crippen LogP contribution in [0.15, 0.2) is 30.3 Å². The first kappa shape index (κ1) is 12.4. The van der Waals surface area contributed by atoms with Gasteiger partial charge in [0.25, 0.3) is 0 Å². The molecule has 1 rings (SSSR count). The second-order valence-corrected chi connectivity index (χ2v) is 6.03. The van der Waals surface area contributed by atoms with Crippen molar-refractivity contribution in [2.45, 2.75) is 18.8 Å². The fraction of sp³-hybridized carbons (Fsp3) is 0.400. The number of aliphatic hydroxyl groups is 1. The summed E-state index contributed by atoms with van der Waals surface area (Å²) < 4.78 is 11.7. The molecule has 4 nitrogen and oxygen atoms in total. The van der Waals surface area contributed by atoms with E-state index < -0.39 is 13.6 Å². The van der Waals surface area contributed by atoms with E-state index in [1.807, 2.05) is 30.3 Å². The number of hydrogen-bond donors (Lipinski definition) is 3. The third-order valence-corrected chi connectivity index (χ3v) is 3.86. The Morgan fingerprint density at radius 1 is 1.33 bits per heavy atom. The summed E-state index contributed by atoms with van der Waals surface area (Å²) in [6.45, 7) is 0. The minimum atomic E-state index is -3.21. The average molecular weight is 229 g/mol. The Morgan fingerprint density at radius 2 is 1.93 bits per heavy atom. The highest BCUT2D eigenvalue weighted by atomic mass is 31.2. The minimum Gasteiger partial charge on any atom is -0.379 e. The van der Waals surface area contributed by atoms with E-state index in [9.17, 15) is 9.46 Å². The topological polar surface area (TPSA) is 83.5 Å². The van der Waals surface area contributed by atoms with Crippen LogP contribution in [0.3, 0.4) is 0 Å². The van der Waals surface area contributed by atoms with Crippen LogP contribution >= 0.6 is 7.37 Å². The molecule has 0 spiro atoms. The van der Waals surface area contributed by atoms with Gasteiger partial charge in [-0.05, 0) is 12.0 Å². The van der Waals surface area contributed by atoms with Crippen LogP contribution < -0.4 is 5.73 Å². The predicted molar refractivity (Wildman–Crippen MR) is 59.6 cm³/mol. The lowest BCUT2D eigenvalue weighted by molar-refractivity contribution is 0.178. The van der Waals surface area contributed by atoms with Crippen LogP contribution in [0, 0.1) is 0 Å². The largest absolute Gasteiger partial charge is 0.379 e. The van der Waals surface area contributed by atoms with Gasteiger partial charge < -0.3 is 15.7 Å². The molecular formula is C10H16NO3P. The highest BCUT2D eigenvalue weighted by molar-refractivity contribution is 7.57. The van der Waals surface area contributed by atoms with Crippen LogP contribution in [0.2, 0.25) is 0 Å². The summed E-state index contributed by atoms with van der Waals surface area (Å²) in [6.07, 6.45) is -0.665. The maximum atomic E-state index is 11.7. The summed E-state index contributed by atoms with van der Waals surface area (Å²) in [5.41, 5.74) is 5.94. The van der Waals surface area contributed by atoms with Gasteiger partial charge in [-0.15, -0.1) is 0 Å². The normalized spacial score (nSPS) is 17.0. The van der Waals surface area contributed by atoms with E-state index in [0.29, 0.717) is 0 Å². The van der Waals surface area contributed by atoms with Gasteiger partial charge in [-0.3, -0.25) is 4.57 Å². The van der Waals surface area contributed by atoms with Crippen molar-refractivity contribution >= 4 is 7.37 Å². The SMILES string of the molecule is NC(O)CCP(=O)(O)Cc1ccccc1. The highest BCUT2D eigenvalue weighted by Gasteiger charge is 2.19. The fourth-order valence-electron chi connectivity index (χ4n) is 1.28. The average Bonchev–Trinajstić information content (AvgIpc) is 2.16. The summed E-state index contributed by atoms with van der Waals surface area (Å²) in [5, 5.41) is 8.83. The molecule has 1 aromatic carbocycles. The van der Waals surface area contributed by atoms with Gasteiger partial charge in [0, 0.05) is 12.3 Å². The Balaban J connectivity index is 2.53. The van der Waals surface area contributed by atoms with Gasteiger partial charge in [0.1, 0.15) is 6.23 Å². The lowest BCUT2D eigenvalue weighted by Gasteiger charge is -2.12. The molecule has 15 heavy (non-hydrogen) atoms. The summed E-state index contributed by atoms with van der Waals surface area (Å²) >= 11 is 0. The molecule has 0 radical (unpaired) electrons. The summed E-state index contributed by atoms with van der Waals surface area (Å²) in [6, 6.07) is 9.12. The molecule has 0 bridgehead atoms. The van der Waals surface area contributed by atoms with Gasteiger partial charge in [-0.2, -0.15) is 0 Å². The lowest BCUT2D eigenvalue weighted by Crippen LogP contribution is -2.20. The van der Waals surface area contributed by atoms with Crippen molar-refractivity contribution in [3.05, 3.63) is 35.9 Å². The monoisotopic (exact) mass is 229 g/mol. The third kappa shape index (κ3) is 5.09. The van der Waals surface area contributed by atoms with Gasteiger partial charge in [-0.25, -0.2) is 0 Å². The number of hydrogen-bond acceptors (Lipinski definition) is 3. The molecule has 0 aliphatic rings. The minimum absolute atomic E-state index is 0.0551. The Kier molecular flexibility index (Phi) is 4.48. The zero-order chi connectivity index (χ0) is 11.3. The molecule has 0 aliphatic carbocycles. The number of nitrogens with two attached hydrogens (primary N) is 1. The first-order valence-electron chi connectivity index (χ1n) is 4.78. The molecule has 2 unspecified atom stereocenters. The van der Waals surface area contributed by atoms with E-state index in [-0.39, 0.29) is 18.7 Å². The summed E-state index contributed by atoms with van der Waals surface area (Å²) in [7, 11) is -3.21. The Morgan fingerprint density at radius 3 is 2.47 bits per heavy atom. The van der Waals surface area contributed by atoms with E-state index in [4.69, 9.17) is 10.8 Å². The number of rotatable bonds is 5. The van der Waals surface area contributed by atoms with Crippen LogP contribution in [0.5, 0.6) is 0 Å². The first-order chi connectivity index (χ1) is 6.99. The maximum Gasteiger partial charge on any atom is 0.205 e. The van der Waals surface area contributed by atoms with Crippen molar-refractivity contribution in [3.63, 3.8) is 0 Å². The molecule has 2 atom stereocenters. The number of benzene rings is 1. The molecule has 84 valence electrons. The fourth-order valence-corrected chi connectivity index (χ4v) is 2.89. The summed E-state index contributed by atoms with van der Waals surface area (Å²) in [5.74, 6) is 0. The van der Waals surface area contributed by atoms with Gasteiger partial charge in [-0.1, -0.05) is 30.3 Å². The molecule has 0 heterocycles. The molecule has 5 heteroatoms. The molecule has 0 aromatic heterocycles. The standard InChI is InChI=1S/C10H16NO3P/c11-10(12)6-7-15(13,14)8-9-4-2-1-3-5-9/h1-5,10,12H,6-8,11H2,(H,13,14). The quantitative estimate of drug-likeness (QED) is 0.522. The van der Waals surface area contributed by atoms with E-state index in [0.717, 1.165) is 5.56 Å². The zero-order valence-electron chi connectivity index (χ0n) is 8.41. The van der Waals surface area contributed by atoms with Crippen LogP contribution in [-0.2, 0) is 10.7 Å². The molecule has 0 fully saturated rings. The molecule has 0 aliphatic heterocycles. The highest BCUT2D eigenvalue weighted by Crippen LogP contribution is 2.44. The first-order valence-corrected chi connectivity index (χ1v) is 6.81. The van der Waals surface area contributed by atoms with E-state index in [1.54, 1.807) is 0 Å². The lowest BCUT2D eigenvalue weighted by atomic mass is 10.2. The molecule has 0 amide bonds. The van der Waals surface area contributed by atoms with E-state index in [1.165, 1.54) is 0 Å². The Labute approximate surface area is 89.2 Å². The molecule has 0 saturated heterocycles. The smallest absolute Gasteiger partial charge is 0.205 e. The van der Waals surface area contributed by atoms with Crippen LogP contribution in [0.4, 0.5) is 0 Å². The van der Waals surface area contributed by atoms with Gasteiger partial charge in [0.2, 0.25) is 7.37 Å². The van der Waals surface area contributed by atoms with Gasteiger partial charge >= 0.3 is 0 Å². The second-order valence-electron chi connectivity index (χ2n) is 3.57. The van der Waals surface area contributed by atoms with Crippen molar-refractivity contribution < 1.29 is 14.6 Å². The number of aliphatic hydroxyl groups excluding tert-OH is 1. The Bertz CT molecular complexity index is 340. The third-order valence-electron chi connectivity index (χ3n) is 2.05. The van der Waals surface area contributed by atoms with Crippen molar-refractivity contribution in [3.8, 4) is 0 Å². The molecule has 1 aromatic rings. The van der Waals surface area contributed by atoms with Crippen molar-refractivity contribution in [1.29, 1.82) is 0 Å². The van der Waals surface area contributed by atoms with Crippen LogP contribution in [0.1, 0.15) is 12.0 Å². The van der Waals surface area contributed by atoms with Crippen LogP contribution in [0.25, 0.3) is 0 Å². The predicted octanol–water partition coefficient (Wildman–Crippen LogP) is 1.12. The molecule has 0 saturated carbocycles. The Hall–Kier alpha value is -0.670. The zero-order valence-corrected chi connectivity index (χ0v) is 9.31.